The standard InChI is InChI=1S/C24H27N7O3S/c1-15-5-7-25-20(11-15)30-22-14-21(28-16(2)29-22)26-8-9-27-35(33,34)19-12-17-3-4-23(32)31-10-6-18(13-19)24(17)31/h5,7,11-14,27H,3-4,6,8-10H2,1-2H3,(H2,25,26,28,29,30). The molecule has 0 saturated carbocycles. The van der Waals surface area contributed by atoms with E-state index in [4.69, 9.17) is 0 Å². The molecule has 2 aliphatic rings. The molecular formula is C24H27N7O3S. The Hall–Kier alpha value is -3.57. The number of sulfonamides is 1. The van der Waals surface area contributed by atoms with Crippen LogP contribution in [-0.2, 0) is 27.7 Å². The fraction of sp³-hybridized carbons (Fsp3) is 0.333. The summed E-state index contributed by atoms with van der Waals surface area (Å²) >= 11 is 0. The summed E-state index contributed by atoms with van der Waals surface area (Å²) in [4.78, 5) is 27.2. The number of anilines is 4. The number of nitrogens with one attached hydrogen (secondary N) is 3. The molecule has 1 aromatic carbocycles. The first-order valence-corrected chi connectivity index (χ1v) is 13.0. The Morgan fingerprint density at radius 3 is 2.51 bits per heavy atom. The topological polar surface area (TPSA) is 129 Å². The highest BCUT2D eigenvalue weighted by Crippen LogP contribution is 2.38. The van der Waals surface area contributed by atoms with Crippen molar-refractivity contribution < 1.29 is 13.2 Å². The van der Waals surface area contributed by atoms with Gasteiger partial charge in [-0.25, -0.2) is 28.1 Å². The normalized spacial score (nSPS) is 14.7. The van der Waals surface area contributed by atoms with Crippen molar-refractivity contribution in [1.82, 2.24) is 19.7 Å². The summed E-state index contributed by atoms with van der Waals surface area (Å²) in [5, 5.41) is 6.31. The fourth-order valence-electron chi connectivity index (χ4n) is 4.50. The second kappa shape index (κ2) is 9.23. The van der Waals surface area contributed by atoms with Crippen molar-refractivity contribution in [3.63, 3.8) is 0 Å². The largest absolute Gasteiger partial charge is 0.369 e. The molecule has 0 unspecified atom stereocenters. The SMILES string of the molecule is Cc1ccnc(Nc2cc(NCCNS(=O)(=O)c3cc4c5c(c3)CCN5C(=O)CC4)nc(C)n2)c1. The van der Waals surface area contributed by atoms with Crippen LogP contribution in [0, 0.1) is 13.8 Å². The maximum absolute atomic E-state index is 13.0. The number of nitrogens with zero attached hydrogens (tertiary/aromatic N) is 4. The summed E-state index contributed by atoms with van der Waals surface area (Å²) < 4.78 is 28.6. The first-order valence-electron chi connectivity index (χ1n) is 11.5. The summed E-state index contributed by atoms with van der Waals surface area (Å²) in [6.45, 7) is 4.93. The molecule has 0 atom stereocenters. The first-order chi connectivity index (χ1) is 16.8. The van der Waals surface area contributed by atoms with Gasteiger partial charge in [-0.1, -0.05) is 0 Å². The second-order valence-electron chi connectivity index (χ2n) is 8.74. The Labute approximate surface area is 204 Å². The summed E-state index contributed by atoms with van der Waals surface area (Å²) in [6, 6.07) is 8.98. The van der Waals surface area contributed by atoms with E-state index in [1.165, 1.54) is 0 Å². The molecule has 0 aliphatic carbocycles. The van der Waals surface area contributed by atoms with Gasteiger partial charge >= 0.3 is 0 Å². The fourth-order valence-corrected chi connectivity index (χ4v) is 5.63. The smallest absolute Gasteiger partial charge is 0.240 e. The second-order valence-corrected chi connectivity index (χ2v) is 10.5. The van der Waals surface area contributed by atoms with Crippen LogP contribution in [0.3, 0.4) is 0 Å². The van der Waals surface area contributed by atoms with Crippen molar-refractivity contribution in [2.75, 3.05) is 35.2 Å². The van der Waals surface area contributed by atoms with Crippen molar-refractivity contribution in [2.45, 2.75) is 38.0 Å². The highest BCUT2D eigenvalue weighted by Gasteiger charge is 2.32. The number of hydrogen-bond acceptors (Lipinski definition) is 8. The molecule has 0 fully saturated rings. The van der Waals surface area contributed by atoms with Gasteiger partial charge in [0.1, 0.15) is 23.3 Å². The lowest BCUT2D eigenvalue weighted by atomic mass is 10.00. The molecular weight excluding hydrogens is 466 g/mol. The number of amides is 1. The lowest BCUT2D eigenvalue weighted by Crippen LogP contribution is -2.33. The van der Waals surface area contributed by atoms with E-state index >= 15 is 0 Å². The van der Waals surface area contributed by atoms with Crippen molar-refractivity contribution in [3.8, 4) is 0 Å². The minimum absolute atomic E-state index is 0.115. The van der Waals surface area contributed by atoms with E-state index in [0.717, 1.165) is 22.4 Å². The van der Waals surface area contributed by atoms with Gasteiger partial charge in [0, 0.05) is 38.3 Å². The molecule has 0 bridgehead atoms. The summed E-state index contributed by atoms with van der Waals surface area (Å²) in [5.74, 6) is 2.55. The minimum atomic E-state index is -3.68. The van der Waals surface area contributed by atoms with Crippen LogP contribution >= 0.6 is 0 Å². The van der Waals surface area contributed by atoms with E-state index in [-0.39, 0.29) is 17.3 Å². The zero-order chi connectivity index (χ0) is 24.6. The third-order valence-corrected chi connectivity index (χ3v) is 7.51. The number of hydrogen-bond donors (Lipinski definition) is 3. The number of pyridine rings is 1. The van der Waals surface area contributed by atoms with Gasteiger partial charge < -0.3 is 15.5 Å². The Morgan fingerprint density at radius 2 is 1.71 bits per heavy atom. The van der Waals surface area contributed by atoms with E-state index in [9.17, 15) is 13.2 Å². The number of rotatable bonds is 8. The lowest BCUT2D eigenvalue weighted by Gasteiger charge is -2.25. The third kappa shape index (κ3) is 4.96. The van der Waals surface area contributed by atoms with Gasteiger partial charge in [0.15, 0.2) is 0 Å². The van der Waals surface area contributed by atoms with Crippen LogP contribution in [0.1, 0.15) is 28.9 Å². The third-order valence-electron chi connectivity index (χ3n) is 6.07. The Morgan fingerprint density at radius 1 is 0.943 bits per heavy atom. The molecule has 10 nitrogen and oxygen atoms in total. The summed E-state index contributed by atoms with van der Waals surface area (Å²) in [7, 11) is -3.68. The average Bonchev–Trinajstić information content (AvgIpc) is 3.24. The molecule has 35 heavy (non-hydrogen) atoms. The van der Waals surface area contributed by atoms with E-state index in [0.29, 0.717) is 55.6 Å². The summed E-state index contributed by atoms with van der Waals surface area (Å²) in [5.41, 5.74) is 3.84. The molecule has 11 heteroatoms. The van der Waals surface area contributed by atoms with Crippen LogP contribution in [0.15, 0.2) is 41.4 Å². The van der Waals surface area contributed by atoms with Crippen LogP contribution < -0.4 is 20.3 Å². The zero-order valence-corrected chi connectivity index (χ0v) is 20.4. The number of aryl methyl sites for hydroxylation is 3. The van der Waals surface area contributed by atoms with Crippen molar-refractivity contribution in [1.29, 1.82) is 0 Å². The lowest BCUT2D eigenvalue weighted by molar-refractivity contribution is -0.118. The van der Waals surface area contributed by atoms with Crippen molar-refractivity contribution in [3.05, 3.63) is 59.0 Å². The molecule has 3 aromatic rings. The van der Waals surface area contributed by atoms with Crippen molar-refractivity contribution in [2.24, 2.45) is 0 Å². The molecule has 182 valence electrons. The average molecular weight is 494 g/mol. The van der Waals surface area contributed by atoms with Crippen LogP contribution in [0.2, 0.25) is 0 Å². The maximum atomic E-state index is 13.0. The van der Waals surface area contributed by atoms with Gasteiger partial charge in [-0.2, -0.15) is 0 Å². The zero-order valence-electron chi connectivity index (χ0n) is 19.6. The maximum Gasteiger partial charge on any atom is 0.240 e. The Balaban J connectivity index is 1.22. The van der Waals surface area contributed by atoms with Gasteiger partial charge in [-0.15, -0.1) is 0 Å². The van der Waals surface area contributed by atoms with Gasteiger partial charge in [-0.3, -0.25) is 4.79 Å². The number of aromatic nitrogens is 3. The molecule has 5 rings (SSSR count). The Kier molecular flexibility index (Phi) is 6.12. The molecule has 2 aliphatic heterocycles. The van der Waals surface area contributed by atoms with Crippen LogP contribution in [0.25, 0.3) is 0 Å². The minimum Gasteiger partial charge on any atom is -0.369 e. The molecule has 0 spiro atoms. The van der Waals surface area contributed by atoms with Crippen molar-refractivity contribution >= 4 is 39.1 Å². The predicted octanol–water partition coefficient (Wildman–Crippen LogP) is 2.46. The predicted molar refractivity (Wildman–Crippen MR) is 134 cm³/mol. The summed E-state index contributed by atoms with van der Waals surface area (Å²) in [6.07, 6.45) is 3.40. The molecule has 0 radical (unpaired) electrons. The molecule has 1 amide bonds. The van der Waals surface area contributed by atoms with E-state index < -0.39 is 10.0 Å². The quantitative estimate of drug-likeness (QED) is 0.408. The van der Waals surface area contributed by atoms with E-state index in [1.54, 1.807) is 36.2 Å². The Bertz CT molecular complexity index is 1410. The van der Waals surface area contributed by atoms with Crippen LogP contribution in [-0.4, -0.2) is 48.9 Å². The highest BCUT2D eigenvalue weighted by molar-refractivity contribution is 7.89. The van der Waals surface area contributed by atoms with E-state index in [1.807, 2.05) is 19.1 Å². The van der Waals surface area contributed by atoms with Gasteiger partial charge in [0.25, 0.3) is 0 Å². The monoisotopic (exact) mass is 493 g/mol. The van der Waals surface area contributed by atoms with Gasteiger partial charge in [0.05, 0.1) is 10.6 Å². The molecule has 4 heterocycles. The van der Waals surface area contributed by atoms with Gasteiger partial charge in [-0.05, 0) is 67.6 Å². The van der Waals surface area contributed by atoms with Gasteiger partial charge in [0.2, 0.25) is 15.9 Å². The molecule has 3 N–H and O–H groups in total. The number of carbonyl (C=O) groups is 1. The van der Waals surface area contributed by atoms with Crippen LogP contribution in [0.5, 0.6) is 0 Å². The molecule has 2 aromatic heterocycles. The highest BCUT2D eigenvalue weighted by atomic mass is 32.2. The first kappa shape index (κ1) is 23.2. The number of carbonyl (C=O) groups excluding carboxylic acids is 1. The number of benzene rings is 1. The van der Waals surface area contributed by atoms with E-state index in [2.05, 4.69) is 30.3 Å². The molecule has 0 saturated heterocycles. The van der Waals surface area contributed by atoms with Crippen LogP contribution in [0.4, 0.5) is 23.1 Å².